The minimum Gasteiger partial charge on any atom is -0.338 e. The Morgan fingerprint density at radius 3 is 2.63 bits per heavy atom. The van der Waals surface area contributed by atoms with E-state index in [1.54, 1.807) is 17.0 Å². The number of rotatable bonds is 2. The van der Waals surface area contributed by atoms with Crippen molar-refractivity contribution in [2.24, 2.45) is 0 Å². The number of halogens is 1. The molecule has 27 heavy (non-hydrogen) atoms. The summed E-state index contributed by atoms with van der Waals surface area (Å²) in [5.74, 6) is -0.0818. The summed E-state index contributed by atoms with van der Waals surface area (Å²) in [6, 6.07) is 9.31. The molecule has 4 rings (SSSR count). The first kappa shape index (κ1) is 18.2. The van der Waals surface area contributed by atoms with Crippen LogP contribution in [-0.2, 0) is 4.79 Å². The number of piperidine rings is 1. The summed E-state index contributed by atoms with van der Waals surface area (Å²) >= 11 is 6.26. The highest BCUT2D eigenvalue weighted by Gasteiger charge is 2.53. The van der Waals surface area contributed by atoms with Crippen LogP contribution in [0.15, 0.2) is 30.3 Å². The van der Waals surface area contributed by atoms with E-state index in [2.05, 4.69) is 4.98 Å². The third-order valence-corrected chi connectivity index (χ3v) is 6.20. The molecule has 0 saturated carbocycles. The number of likely N-dealkylation sites (tertiary alicyclic amines) is 2. The number of nitrogens with zero attached hydrogens (tertiary/aromatic N) is 3. The molecule has 0 radical (unpaired) electrons. The van der Waals surface area contributed by atoms with Gasteiger partial charge in [0, 0.05) is 24.5 Å². The number of aromatic nitrogens is 1. The zero-order valence-electron chi connectivity index (χ0n) is 15.7. The number of pyridine rings is 1. The van der Waals surface area contributed by atoms with Gasteiger partial charge in [0.1, 0.15) is 11.2 Å². The second kappa shape index (κ2) is 6.79. The van der Waals surface area contributed by atoms with Crippen molar-refractivity contribution in [1.29, 1.82) is 0 Å². The summed E-state index contributed by atoms with van der Waals surface area (Å²) in [5.41, 5.74) is 0.264. The summed E-state index contributed by atoms with van der Waals surface area (Å²) in [4.78, 5) is 34.9. The summed E-state index contributed by atoms with van der Waals surface area (Å²) in [7, 11) is 0. The van der Waals surface area contributed by atoms with E-state index in [9.17, 15) is 9.59 Å². The largest absolute Gasteiger partial charge is 0.338 e. The molecule has 2 fully saturated rings. The fourth-order valence-corrected chi connectivity index (χ4v) is 4.76. The van der Waals surface area contributed by atoms with Gasteiger partial charge in [0.25, 0.3) is 5.91 Å². The molecule has 2 aliphatic rings. The molecule has 2 aliphatic heterocycles. The lowest BCUT2D eigenvalue weighted by Crippen LogP contribution is -2.62. The number of amides is 2. The lowest BCUT2D eigenvalue weighted by Gasteiger charge is -2.45. The number of carbonyl (C=O) groups is 2. The van der Waals surface area contributed by atoms with Gasteiger partial charge >= 0.3 is 0 Å². The van der Waals surface area contributed by atoms with Crippen molar-refractivity contribution in [3.05, 3.63) is 41.0 Å². The van der Waals surface area contributed by atoms with Gasteiger partial charge in [-0.25, -0.2) is 4.98 Å². The summed E-state index contributed by atoms with van der Waals surface area (Å²) in [6.45, 7) is 5.43. The Morgan fingerprint density at radius 2 is 1.89 bits per heavy atom. The van der Waals surface area contributed by atoms with Gasteiger partial charge in [-0.3, -0.25) is 9.59 Å². The standard InChI is InChI=1S/C21H24ClN3O2/c1-14(2)24-12-4-10-21(20(24)27)11-5-13-25(21)19(26)17-9-8-15-6-3-7-16(22)18(15)23-17/h3,6-9,14H,4-5,10-13H2,1-2H3. The minimum atomic E-state index is -0.712. The molecule has 142 valence electrons. The zero-order chi connectivity index (χ0) is 19.2. The Hall–Kier alpha value is -2.14. The maximum atomic E-state index is 13.3. The van der Waals surface area contributed by atoms with Gasteiger partial charge in [-0.15, -0.1) is 0 Å². The number of para-hydroxylation sites is 1. The van der Waals surface area contributed by atoms with Crippen LogP contribution in [0.1, 0.15) is 50.0 Å². The normalized spacial score (nSPS) is 23.0. The molecule has 0 N–H and O–H groups in total. The van der Waals surface area contributed by atoms with Gasteiger partial charge in [0.15, 0.2) is 0 Å². The van der Waals surface area contributed by atoms with Gasteiger partial charge in [-0.1, -0.05) is 29.8 Å². The van der Waals surface area contributed by atoms with Gasteiger partial charge in [-0.2, -0.15) is 0 Å². The zero-order valence-corrected chi connectivity index (χ0v) is 16.5. The van der Waals surface area contributed by atoms with Crippen molar-refractivity contribution in [1.82, 2.24) is 14.8 Å². The van der Waals surface area contributed by atoms with Crippen molar-refractivity contribution in [2.75, 3.05) is 13.1 Å². The van der Waals surface area contributed by atoms with Crippen LogP contribution >= 0.6 is 11.6 Å². The Balaban J connectivity index is 1.71. The van der Waals surface area contributed by atoms with Crippen LogP contribution in [0.3, 0.4) is 0 Å². The highest BCUT2D eigenvalue weighted by Crippen LogP contribution is 2.39. The van der Waals surface area contributed by atoms with Crippen LogP contribution in [0.4, 0.5) is 0 Å². The number of carbonyl (C=O) groups excluding carboxylic acids is 2. The lowest BCUT2D eigenvalue weighted by molar-refractivity contribution is -0.147. The van der Waals surface area contributed by atoms with Crippen LogP contribution in [0.5, 0.6) is 0 Å². The maximum Gasteiger partial charge on any atom is 0.273 e. The average molecular weight is 386 g/mol. The predicted octanol–water partition coefficient (Wildman–Crippen LogP) is 3.89. The van der Waals surface area contributed by atoms with E-state index in [0.29, 0.717) is 22.8 Å². The molecule has 1 atom stereocenters. The van der Waals surface area contributed by atoms with E-state index < -0.39 is 5.54 Å². The lowest BCUT2D eigenvalue weighted by atomic mass is 9.84. The SMILES string of the molecule is CC(C)N1CCCC2(CCCN2C(=O)c2ccc3cccc(Cl)c3n2)C1=O. The molecule has 1 aromatic heterocycles. The predicted molar refractivity (Wildman–Crippen MR) is 106 cm³/mol. The van der Waals surface area contributed by atoms with Crippen molar-refractivity contribution >= 4 is 34.3 Å². The fraction of sp³-hybridized carbons (Fsp3) is 0.476. The molecule has 1 unspecified atom stereocenters. The Kier molecular flexibility index (Phi) is 4.58. The first-order valence-corrected chi connectivity index (χ1v) is 10.0. The molecule has 2 aromatic rings. The topological polar surface area (TPSA) is 53.5 Å². The van der Waals surface area contributed by atoms with Crippen molar-refractivity contribution < 1.29 is 9.59 Å². The van der Waals surface area contributed by atoms with Crippen molar-refractivity contribution in [2.45, 2.75) is 51.1 Å². The van der Waals surface area contributed by atoms with Gasteiger partial charge in [0.2, 0.25) is 5.91 Å². The quantitative estimate of drug-likeness (QED) is 0.787. The van der Waals surface area contributed by atoms with Gasteiger partial charge in [0.05, 0.1) is 10.5 Å². The minimum absolute atomic E-state index is 0.0911. The second-order valence-corrected chi connectivity index (χ2v) is 8.20. The summed E-state index contributed by atoms with van der Waals surface area (Å²) in [6.07, 6.45) is 3.23. The van der Waals surface area contributed by atoms with E-state index in [-0.39, 0.29) is 17.9 Å². The molecule has 2 saturated heterocycles. The van der Waals surface area contributed by atoms with Crippen LogP contribution in [-0.4, -0.2) is 51.3 Å². The molecule has 2 amide bonds. The van der Waals surface area contributed by atoms with Gasteiger partial charge < -0.3 is 9.80 Å². The first-order chi connectivity index (χ1) is 12.9. The monoisotopic (exact) mass is 385 g/mol. The van der Waals surface area contributed by atoms with Crippen LogP contribution in [0.2, 0.25) is 5.02 Å². The molecule has 6 heteroatoms. The van der Waals surface area contributed by atoms with E-state index >= 15 is 0 Å². The first-order valence-electron chi connectivity index (χ1n) is 9.62. The maximum absolute atomic E-state index is 13.3. The van der Waals surface area contributed by atoms with Crippen molar-refractivity contribution in [3.63, 3.8) is 0 Å². The van der Waals surface area contributed by atoms with E-state index in [1.165, 1.54) is 0 Å². The molecular weight excluding hydrogens is 362 g/mol. The number of benzene rings is 1. The molecule has 1 spiro atoms. The molecule has 3 heterocycles. The molecular formula is C21H24ClN3O2. The average Bonchev–Trinajstić information content (AvgIpc) is 3.08. The smallest absolute Gasteiger partial charge is 0.273 e. The highest BCUT2D eigenvalue weighted by atomic mass is 35.5. The number of hydrogen-bond acceptors (Lipinski definition) is 3. The number of fused-ring (bicyclic) bond motifs is 1. The second-order valence-electron chi connectivity index (χ2n) is 7.80. The van der Waals surface area contributed by atoms with Crippen LogP contribution in [0.25, 0.3) is 10.9 Å². The molecule has 0 aliphatic carbocycles. The third kappa shape index (κ3) is 2.89. The molecule has 5 nitrogen and oxygen atoms in total. The fourth-order valence-electron chi connectivity index (χ4n) is 4.54. The molecule has 0 bridgehead atoms. The van der Waals surface area contributed by atoms with Gasteiger partial charge in [-0.05, 0) is 51.7 Å². The molecule has 1 aromatic carbocycles. The van der Waals surface area contributed by atoms with E-state index in [0.717, 1.165) is 37.6 Å². The Bertz CT molecular complexity index is 913. The Labute approximate surface area is 164 Å². The van der Waals surface area contributed by atoms with Crippen LogP contribution < -0.4 is 0 Å². The van der Waals surface area contributed by atoms with E-state index in [1.807, 2.05) is 36.9 Å². The number of hydrogen-bond donors (Lipinski definition) is 0. The van der Waals surface area contributed by atoms with E-state index in [4.69, 9.17) is 11.6 Å². The summed E-state index contributed by atoms with van der Waals surface area (Å²) in [5, 5.41) is 1.42. The van der Waals surface area contributed by atoms with Crippen molar-refractivity contribution in [3.8, 4) is 0 Å². The third-order valence-electron chi connectivity index (χ3n) is 5.90. The Morgan fingerprint density at radius 1 is 1.15 bits per heavy atom. The summed E-state index contributed by atoms with van der Waals surface area (Å²) < 4.78 is 0. The van der Waals surface area contributed by atoms with Crippen LogP contribution in [0, 0.1) is 0 Å². The highest BCUT2D eigenvalue weighted by molar-refractivity contribution is 6.35.